The molecule has 2 atom stereocenters. The van der Waals surface area contributed by atoms with E-state index in [4.69, 9.17) is 10.7 Å². The van der Waals surface area contributed by atoms with Gasteiger partial charge in [-0.2, -0.15) is 0 Å². The molecule has 1 aromatic rings. The molecule has 0 bridgehead atoms. The molecule has 2 saturated carbocycles. The van der Waals surface area contributed by atoms with E-state index in [0.29, 0.717) is 17.7 Å². The van der Waals surface area contributed by atoms with Crippen LogP contribution in [0.25, 0.3) is 0 Å². The minimum atomic E-state index is 0.546. The van der Waals surface area contributed by atoms with E-state index in [9.17, 15) is 0 Å². The maximum atomic E-state index is 5.95. The molecule has 1 aromatic heterocycles. The molecule has 2 fully saturated rings. The summed E-state index contributed by atoms with van der Waals surface area (Å²) in [6.07, 6.45) is 9.03. The molecular formula is C15H23N3. The van der Waals surface area contributed by atoms with Crippen LogP contribution in [-0.2, 0) is 0 Å². The highest BCUT2D eigenvalue weighted by molar-refractivity contribution is 5.33. The van der Waals surface area contributed by atoms with E-state index in [1.165, 1.54) is 50.6 Å². The van der Waals surface area contributed by atoms with Crippen molar-refractivity contribution in [1.82, 2.24) is 9.97 Å². The predicted octanol–water partition coefficient (Wildman–Crippen LogP) is 3.62. The van der Waals surface area contributed by atoms with Crippen molar-refractivity contribution in [2.45, 2.75) is 63.7 Å². The third kappa shape index (κ3) is 2.50. The zero-order chi connectivity index (χ0) is 12.5. The van der Waals surface area contributed by atoms with E-state index < -0.39 is 0 Å². The Labute approximate surface area is 109 Å². The van der Waals surface area contributed by atoms with E-state index in [1.807, 2.05) is 6.07 Å². The number of hydrogen-bond acceptors (Lipinski definition) is 3. The van der Waals surface area contributed by atoms with Crippen molar-refractivity contribution in [3.05, 3.63) is 17.6 Å². The zero-order valence-electron chi connectivity index (χ0n) is 11.2. The number of nitrogens with two attached hydrogens (primary N) is 1. The molecule has 0 aliphatic heterocycles. The van der Waals surface area contributed by atoms with Crippen molar-refractivity contribution in [3.63, 3.8) is 0 Å². The second-order valence-electron chi connectivity index (χ2n) is 5.99. The summed E-state index contributed by atoms with van der Waals surface area (Å²) in [5.74, 6) is 3.76. The number of anilines is 1. The average molecular weight is 245 g/mol. The first-order valence-corrected chi connectivity index (χ1v) is 7.40. The summed E-state index contributed by atoms with van der Waals surface area (Å²) in [5.41, 5.74) is 7.14. The molecule has 1 heterocycles. The molecule has 3 heteroatoms. The maximum absolute atomic E-state index is 5.95. The third-order valence-electron chi connectivity index (χ3n) is 4.50. The van der Waals surface area contributed by atoms with Crippen molar-refractivity contribution < 1.29 is 0 Å². The summed E-state index contributed by atoms with van der Waals surface area (Å²) < 4.78 is 0. The molecule has 0 saturated heterocycles. The van der Waals surface area contributed by atoms with Crippen LogP contribution in [0, 0.1) is 5.92 Å². The van der Waals surface area contributed by atoms with Crippen LogP contribution in [0.1, 0.15) is 75.2 Å². The highest BCUT2D eigenvalue weighted by Gasteiger charge is 2.29. The Kier molecular flexibility index (Phi) is 3.23. The average Bonchev–Trinajstić information content (AvgIpc) is 3.22. The fraction of sp³-hybridized carbons (Fsp3) is 0.733. The number of nitrogens with zero attached hydrogens (tertiary/aromatic N) is 2. The molecule has 2 unspecified atom stereocenters. The smallest absolute Gasteiger partial charge is 0.134 e. The first-order valence-electron chi connectivity index (χ1n) is 7.40. The monoisotopic (exact) mass is 245 g/mol. The lowest BCUT2D eigenvalue weighted by molar-refractivity contribution is 0.307. The molecule has 0 amide bonds. The Morgan fingerprint density at radius 3 is 2.72 bits per heavy atom. The highest BCUT2D eigenvalue weighted by atomic mass is 15.0. The van der Waals surface area contributed by atoms with E-state index in [2.05, 4.69) is 11.9 Å². The summed E-state index contributed by atoms with van der Waals surface area (Å²) in [6, 6.07) is 1.97. The van der Waals surface area contributed by atoms with Gasteiger partial charge in [0.1, 0.15) is 11.6 Å². The first kappa shape index (κ1) is 11.9. The van der Waals surface area contributed by atoms with Gasteiger partial charge in [-0.05, 0) is 31.6 Å². The molecule has 0 radical (unpaired) electrons. The van der Waals surface area contributed by atoms with Crippen LogP contribution >= 0.6 is 0 Å². The van der Waals surface area contributed by atoms with Gasteiger partial charge < -0.3 is 5.73 Å². The summed E-state index contributed by atoms with van der Waals surface area (Å²) in [6.45, 7) is 2.29. The van der Waals surface area contributed by atoms with Gasteiger partial charge in [-0.3, -0.25) is 0 Å². The fourth-order valence-electron chi connectivity index (χ4n) is 3.17. The summed E-state index contributed by atoms with van der Waals surface area (Å²) in [4.78, 5) is 9.30. The van der Waals surface area contributed by atoms with Crippen molar-refractivity contribution >= 4 is 5.82 Å². The molecule has 0 aromatic carbocycles. The van der Waals surface area contributed by atoms with Crippen molar-refractivity contribution in [1.29, 1.82) is 0 Å². The number of nitrogen functional groups attached to an aromatic ring is 1. The van der Waals surface area contributed by atoms with E-state index >= 15 is 0 Å². The molecule has 18 heavy (non-hydrogen) atoms. The fourth-order valence-corrected chi connectivity index (χ4v) is 3.17. The molecule has 3 nitrogen and oxygen atoms in total. The zero-order valence-corrected chi connectivity index (χ0v) is 11.2. The quantitative estimate of drug-likeness (QED) is 0.884. The van der Waals surface area contributed by atoms with E-state index in [-0.39, 0.29) is 0 Å². The van der Waals surface area contributed by atoms with Gasteiger partial charge in [0.2, 0.25) is 0 Å². The van der Waals surface area contributed by atoms with Gasteiger partial charge in [0.15, 0.2) is 0 Å². The molecule has 2 aliphatic carbocycles. The van der Waals surface area contributed by atoms with Crippen LogP contribution in [0.2, 0.25) is 0 Å². The summed E-state index contributed by atoms with van der Waals surface area (Å²) in [7, 11) is 0. The minimum Gasteiger partial charge on any atom is -0.384 e. The summed E-state index contributed by atoms with van der Waals surface area (Å²) in [5, 5.41) is 0. The lowest BCUT2D eigenvalue weighted by atomic mass is 9.80. The molecule has 0 spiro atoms. The second kappa shape index (κ2) is 4.87. The lowest BCUT2D eigenvalue weighted by Crippen LogP contribution is -2.17. The predicted molar refractivity (Wildman–Crippen MR) is 73.4 cm³/mol. The van der Waals surface area contributed by atoms with Crippen LogP contribution in [0.3, 0.4) is 0 Å². The standard InChI is InChI=1S/C15H23N3/c1-2-10-4-3-5-12(8-10)15-17-13(11-6-7-11)9-14(16)18-15/h9-12H,2-8H2,1H3,(H2,16,17,18). The van der Waals surface area contributed by atoms with Crippen LogP contribution in [-0.4, -0.2) is 9.97 Å². The minimum absolute atomic E-state index is 0.546. The van der Waals surface area contributed by atoms with Gasteiger partial charge in [-0.25, -0.2) is 9.97 Å². The van der Waals surface area contributed by atoms with Crippen LogP contribution in [0.15, 0.2) is 6.07 Å². The van der Waals surface area contributed by atoms with Crippen molar-refractivity contribution in [2.75, 3.05) is 5.73 Å². The Morgan fingerprint density at radius 1 is 1.17 bits per heavy atom. The molecule has 2 N–H and O–H groups in total. The highest BCUT2D eigenvalue weighted by Crippen LogP contribution is 2.41. The van der Waals surface area contributed by atoms with Crippen molar-refractivity contribution in [2.24, 2.45) is 5.92 Å². The van der Waals surface area contributed by atoms with Gasteiger partial charge in [0.05, 0.1) is 0 Å². The lowest BCUT2D eigenvalue weighted by Gasteiger charge is -2.27. The molecule has 2 aliphatic rings. The van der Waals surface area contributed by atoms with Gasteiger partial charge in [-0.1, -0.05) is 26.2 Å². The Balaban J connectivity index is 1.81. The van der Waals surface area contributed by atoms with Gasteiger partial charge >= 0.3 is 0 Å². The van der Waals surface area contributed by atoms with Crippen LogP contribution < -0.4 is 5.73 Å². The largest absolute Gasteiger partial charge is 0.384 e. The first-order chi connectivity index (χ1) is 8.76. The van der Waals surface area contributed by atoms with Crippen LogP contribution in [0.4, 0.5) is 5.82 Å². The third-order valence-corrected chi connectivity index (χ3v) is 4.50. The topological polar surface area (TPSA) is 51.8 Å². The van der Waals surface area contributed by atoms with Crippen molar-refractivity contribution in [3.8, 4) is 0 Å². The van der Waals surface area contributed by atoms with Crippen LogP contribution in [0.5, 0.6) is 0 Å². The Bertz CT molecular complexity index is 426. The van der Waals surface area contributed by atoms with Gasteiger partial charge in [-0.15, -0.1) is 0 Å². The Hall–Kier alpha value is -1.12. The summed E-state index contributed by atoms with van der Waals surface area (Å²) >= 11 is 0. The van der Waals surface area contributed by atoms with E-state index in [1.54, 1.807) is 0 Å². The second-order valence-corrected chi connectivity index (χ2v) is 5.99. The van der Waals surface area contributed by atoms with Gasteiger partial charge in [0.25, 0.3) is 0 Å². The molecule has 98 valence electrons. The number of hydrogen-bond donors (Lipinski definition) is 1. The number of rotatable bonds is 3. The van der Waals surface area contributed by atoms with Gasteiger partial charge in [0, 0.05) is 23.6 Å². The normalized spacial score (nSPS) is 28.3. The Morgan fingerprint density at radius 2 is 2.00 bits per heavy atom. The molecule has 3 rings (SSSR count). The molecular weight excluding hydrogens is 222 g/mol. The maximum Gasteiger partial charge on any atom is 0.134 e. The SMILES string of the molecule is CCC1CCCC(c2nc(N)cc(C3CC3)n2)C1. The number of aromatic nitrogens is 2. The van der Waals surface area contributed by atoms with E-state index in [0.717, 1.165) is 11.7 Å².